The van der Waals surface area contributed by atoms with Crippen LogP contribution in [0.4, 0.5) is 10.1 Å². The van der Waals surface area contributed by atoms with E-state index in [-0.39, 0.29) is 5.71 Å². The van der Waals surface area contributed by atoms with Crippen LogP contribution in [0.25, 0.3) is 0 Å². The first-order chi connectivity index (χ1) is 12.7. The van der Waals surface area contributed by atoms with Crippen molar-refractivity contribution in [1.82, 2.24) is 0 Å². The van der Waals surface area contributed by atoms with Crippen LogP contribution < -0.4 is 5.32 Å². The Balaban J connectivity index is 1.82. The summed E-state index contributed by atoms with van der Waals surface area (Å²) in [5.74, 6) is -0.808. The molecule has 4 rings (SSSR count). The second-order valence-electron chi connectivity index (χ2n) is 5.77. The van der Waals surface area contributed by atoms with Crippen LogP contribution >= 0.6 is 0 Å². The molecule has 4 nitrogen and oxygen atoms in total. The summed E-state index contributed by atoms with van der Waals surface area (Å²) < 4.78 is 13.4. The molecule has 1 heterocycles. The minimum absolute atomic E-state index is 0.171. The fourth-order valence-corrected chi connectivity index (χ4v) is 2.80. The molecular weight excluding hydrogens is 329 g/mol. The SMILES string of the molecule is O=C1Nc2cc(F)ccc2/C1=N/N=C(c1ccccc1)c1ccccc1. The van der Waals surface area contributed by atoms with E-state index in [9.17, 15) is 9.18 Å². The molecule has 3 aromatic carbocycles. The maximum Gasteiger partial charge on any atom is 0.276 e. The number of carbonyl (C=O) groups excluding carboxylic acids is 1. The van der Waals surface area contributed by atoms with Crippen molar-refractivity contribution >= 4 is 23.0 Å². The summed E-state index contributed by atoms with van der Waals surface area (Å²) in [5, 5.41) is 11.2. The summed E-state index contributed by atoms with van der Waals surface area (Å²) in [7, 11) is 0. The zero-order valence-electron chi connectivity index (χ0n) is 13.7. The van der Waals surface area contributed by atoms with Gasteiger partial charge in [0.1, 0.15) is 11.5 Å². The summed E-state index contributed by atoms with van der Waals surface area (Å²) >= 11 is 0. The van der Waals surface area contributed by atoms with Crippen molar-refractivity contribution < 1.29 is 9.18 Å². The quantitative estimate of drug-likeness (QED) is 0.567. The number of halogens is 1. The number of benzene rings is 3. The Hall–Kier alpha value is -3.60. The molecule has 0 unspecified atom stereocenters. The molecule has 3 aromatic rings. The Morgan fingerprint density at radius 1 is 0.846 bits per heavy atom. The van der Waals surface area contributed by atoms with E-state index in [1.807, 2.05) is 60.7 Å². The van der Waals surface area contributed by atoms with Gasteiger partial charge in [0, 0.05) is 16.7 Å². The highest BCUT2D eigenvalue weighted by molar-refractivity contribution is 6.53. The van der Waals surface area contributed by atoms with Crippen molar-refractivity contribution in [3.8, 4) is 0 Å². The van der Waals surface area contributed by atoms with E-state index in [0.717, 1.165) is 11.1 Å². The van der Waals surface area contributed by atoms with Crippen LogP contribution in [0.2, 0.25) is 0 Å². The number of rotatable bonds is 3. The van der Waals surface area contributed by atoms with Crippen molar-refractivity contribution in [2.75, 3.05) is 5.32 Å². The number of nitrogens with one attached hydrogen (secondary N) is 1. The zero-order chi connectivity index (χ0) is 17.9. The van der Waals surface area contributed by atoms with E-state index in [4.69, 9.17) is 0 Å². The molecule has 26 heavy (non-hydrogen) atoms. The lowest BCUT2D eigenvalue weighted by molar-refractivity contribution is -0.110. The van der Waals surface area contributed by atoms with Gasteiger partial charge in [-0.1, -0.05) is 60.7 Å². The minimum Gasteiger partial charge on any atom is -0.320 e. The van der Waals surface area contributed by atoms with E-state index in [1.54, 1.807) is 0 Å². The third-order valence-corrected chi connectivity index (χ3v) is 4.04. The topological polar surface area (TPSA) is 53.8 Å². The largest absolute Gasteiger partial charge is 0.320 e. The van der Waals surface area contributed by atoms with E-state index < -0.39 is 11.7 Å². The Morgan fingerprint density at radius 3 is 2.08 bits per heavy atom. The number of hydrogen-bond acceptors (Lipinski definition) is 3. The predicted octanol–water partition coefficient (Wildman–Crippen LogP) is 4.02. The first-order valence-electron chi connectivity index (χ1n) is 8.10. The van der Waals surface area contributed by atoms with Crippen LogP contribution in [0.3, 0.4) is 0 Å². The normalized spacial score (nSPS) is 14.0. The minimum atomic E-state index is -0.414. The van der Waals surface area contributed by atoms with Crippen LogP contribution in [0, 0.1) is 5.82 Å². The highest BCUT2D eigenvalue weighted by Crippen LogP contribution is 2.24. The van der Waals surface area contributed by atoms with Crippen molar-refractivity contribution in [3.05, 3.63) is 101 Å². The molecule has 1 aliphatic rings. The molecule has 5 heteroatoms. The van der Waals surface area contributed by atoms with Gasteiger partial charge in [-0.3, -0.25) is 4.79 Å². The van der Waals surface area contributed by atoms with Gasteiger partial charge in [-0.2, -0.15) is 0 Å². The Bertz CT molecular complexity index is 986. The molecule has 0 saturated carbocycles. The molecule has 0 saturated heterocycles. The second-order valence-corrected chi connectivity index (χ2v) is 5.77. The molecule has 1 aliphatic heterocycles. The van der Waals surface area contributed by atoms with Crippen LogP contribution in [0.5, 0.6) is 0 Å². The van der Waals surface area contributed by atoms with Crippen molar-refractivity contribution in [2.45, 2.75) is 0 Å². The lowest BCUT2D eigenvalue weighted by Crippen LogP contribution is -2.14. The van der Waals surface area contributed by atoms with Gasteiger partial charge in [0.2, 0.25) is 0 Å². The van der Waals surface area contributed by atoms with Gasteiger partial charge >= 0.3 is 0 Å². The smallest absolute Gasteiger partial charge is 0.276 e. The number of carbonyl (C=O) groups is 1. The highest BCUT2D eigenvalue weighted by Gasteiger charge is 2.26. The van der Waals surface area contributed by atoms with Crippen molar-refractivity contribution in [3.63, 3.8) is 0 Å². The van der Waals surface area contributed by atoms with Gasteiger partial charge in [0.25, 0.3) is 5.91 Å². The molecule has 0 aliphatic carbocycles. The van der Waals surface area contributed by atoms with Crippen molar-refractivity contribution in [2.24, 2.45) is 10.2 Å². The van der Waals surface area contributed by atoms with Gasteiger partial charge in [-0.25, -0.2) is 4.39 Å². The van der Waals surface area contributed by atoms with Gasteiger partial charge in [0.05, 0.1) is 5.69 Å². The summed E-state index contributed by atoms with van der Waals surface area (Å²) in [4.78, 5) is 12.2. The monoisotopic (exact) mass is 343 g/mol. The summed E-state index contributed by atoms with van der Waals surface area (Å²) in [6.07, 6.45) is 0. The maximum atomic E-state index is 13.4. The van der Waals surface area contributed by atoms with E-state index in [0.29, 0.717) is 17.0 Å². The fraction of sp³-hybridized carbons (Fsp3) is 0. The lowest BCUT2D eigenvalue weighted by Gasteiger charge is -2.05. The third kappa shape index (κ3) is 3.02. The Labute approximate surface area is 149 Å². The molecule has 1 N–H and O–H groups in total. The number of hydrogen-bond donors (Lipinski definition) is 1. The van der Waals surface area contributed by atoms with E-state index in [1.165, 1.54) is 18.2 Å². The van der Waals surface area contributed by atoms with E-state index >= 15 is 0 Å². The third-order valence-electron chi connectivity index (χ3n) is 4.04. The number of anilines is 1. The average Bonchev–Trinajstić information content (AvgIpc) is 2.98. The molecule has 0 fully saturated rings. The molecule has 1 amide bonds. The predicted molar refractivity (Wildman–Crippen MR) is 100 cm³/mol. The molecule has 0 radical (unpaired) electrons. The van der Waals surface area contributed by atoms with Gasteiger partial charge in [-0.05, 0) is 18.2 Å². The Kier molecular flexibility index (Phi) is 4.11. The number of nitrogens with zero attached hydrogens (tertiary/aromatic N) is 2. The zero-order valence-corrected chi connectivity index (χ0v) is 13.7. The second kappa shape index (κ2) is 6.72. The highest BCUT2D eigenvalue weighted by atomic mass is 19.1. The summed E-state index contributed by atoms with van der Waals surface area (Å²) in [6.45, 7) is 0. The number of amides is 1. The maximum absolute atomic E-state index is 13.4. The van der Waals surface area contributed by atoms with Crippen molar-refractivity contribution in [1.29, 1.82) is 0 Å². The number of fused-ring (bicyclic) bond motifs is 1. The molecular formula is C21H14FN3O. The molecule has 0 aromatic heterocycles. The van der Waals surface area contributed by atoms with Crippen LogP contribution in [0.15, 0.2) is 89.1 Å². The molecule has 0 atom stereocenters. The fourth-order valence-electron chi connectivity index (χ4n) is 2.80. The van der Waals surface area contributed by atoms with Gasteiger partial charge < -0.3 is 5.32 Å². The van der Waals surface area contributed by atoms with Gasteiger partial charge in [0.15, 0.2) is 5.71 Å². The summed E-state index contributed by atoms with van der Waals surface area (Å²) in [5.41, 5.74) is 3.55. The van der Waals surface area contributed by atoms with Gasteiger partial charge in [-0.15, -0.1) is 10.2 Å². The molecule has 0 bridgehead atoms. The van der Waals surface area contributed by atoms with E-state index in [2.05, 4.69) is 15.5 Å². The van der Waals surface area contributed by atoms with Crippen LogP contribution in [-0.2, 0) is 4.79 Å². The Morgan fingerprint density at radius 2 is 1.46 bits per heavy atom. The lowest BCUT2D eigenvalue weighted by atomic mass is 10.0. The first-order valence-corrected chi connectivity index (χ1v) is 8.10. The molecule has 0 spiro atoms. The molecule has 126 valence electrons. The first kappa shape index (κ1) is 15.9. The standard InChI is InChI=1S/C21H14FN3O/c22-16-11-12-17-18(13-16)23-21(26)20(17)25-24-19(14-7-3-1-4-8-14)15-9-5-2-6-10-15/h1-13H,(H,23,25,26). The van der Waals surface area contributed by atoms with Crippen LogP contribution in [0.1, 0.15) is 16.7 Å². The average molecular weight is 343 g/mol. The summed E-state index contributed by atoms with van der Waals surface area (Å²) in [6, 6.07) is 23.4. The van der Waals surface area contributed by atoms with Crippen LogP contribution in [-0.4, -0.2) is 17.3 Å².